The lowest BCUT2D eigenvalue weighted by molar-refractivity contribution is -0.139. The highest BCUT2D eigenvalue weighted by Gasteiger charge is 2.36. The van der Waals surface area contributed by atoms with E-state index in [4.69, 9.17) is 16.3 Å². The monoisotopic (exact) mass is 451 g/mol. The van der Waals surface area contributed by atoms with Crippen LogP contribution in [-0.2, 0) is 30.8 Å². The van der Waals surface area contributed by atoms with Crippen LogP contribution >= 0.6 is 11.6 Å². The van der Waals surface area contributed by atoms with Crippen molar-refractivity contribution in [2.45, 2.75) is 17.5 Å². The van der Waals surface area contributed by atoms with Gasteiger partial charge in [-0.25, -0.2) is 8.42 Å². The Labute approximate surface area is 180 Å². The Balaban J connectivity index is 1.50. The van der Waals surface area contributed by atoms with Gasteiger partial charge in [0.15, 0.2) is 0 Å². The van der Waals surface area contributed by atoms with Crippen molar-refractivity contribution in [3.8, 4) is 0 Å². The number of hydrogen-bond donors (Lipinski definition) is 2. The van der Waals surface area contributed by atoms with Crippen LogP contribution in [0.3, 0.4) is 0 Å². The average Bonchev–Trinajstić information content (AvgIpc) is 3.22. The Morgan fingerprint density at radius 3 is 2.40 bits per heavy atom. The van der Waals surface area contributed by atoms with Crippen LogP contribution in [0.15, 0.2) is 59.5 Å². The fourth-order valence-corrected chi connectivity index (χ4v) is 4.63. The second-order valence-electron chi connectivity index (χ2n) is 6.60. The van der Waals surface area contributed by atoms with E-state index in [1.807, 2.05) is 30.3 Å². The molecule has 0 saturated carbocycles. The SMILES string of the molecule is O=C(NCCc1ccccc1)C(=O)NC[C@@H]1OCCN1S(=O)(=O)c1ccc(Cl)cc1. The molecule has 8 nitrogen and oxygen atoms in total. The summed E-state index contributed by atoms with van der Waals surface area (Å²) < 4.78 is 32.2. The molecule has 1 atom stereocenters. The largest absolute Gasteiger partial charge is 0.359 e. The lowest BCUT2D eigenvalue weighted by atomic mass is 10.1. The van der Waals surface area contributed by atoms with E-state index in [-0.39, 0.29) is 24.6 Å². The third-order valence-electron chi connectivity index (χ3n) is 4.55. The molecule has 2 N–H and O–H groups in total. The maximum atomic E-state index is 12.8. The number of amides is 2. The second-order valence-corrected chi connectivity index (χ2v) is 8.92. The van der Waals surface area contributed by atoms with Crippen LogP contribution in [0.4, 0.5) is 0 Å². The summed E-state index contributed by atoms with van der Waals surface area (Å²) in [6.07, 6.45) is -0.301. The van der Waals surface area contributed by atoms with E-state index in [0.717, 1.165) is 9.87 Å². The van der Waals surface area contributed by atoms with Crippen molar-refractivity contribution in [3.05, 3.63) is 65.2 Å². The highest BCUT2D eigenvalue weighted by Crippen LogP contribution is 2.23. The van der Waals surface area contributed by atoms with E-state index in [9.17, 15) is 18.0 Å². The minimum atomic E-state index is -3.82. The van der Waals surface area contributed by atoms with Gasteiger partial charge in [0.1, 0.15) is 6.23 Å². The molecule has 0 bridgehead atoms. The van der Waals surface area contributed by atoms with E-state index >= 15 is 0 Å². The lowest BCUT2D eigenvalue weighted by Gasteiger charge is -2.22. The number of sulfonamides is 1. The molecular weight excluding hydrogens is 430 g/mol. The zero-order valence-corrected chi connectivity index (χ0v) is 17.7. The number of nitrogens with zero attached hydrogens (tertiary/aromatic N) is 1. The van der Waals surface area contributed by atoms with Crippen LogP contribution in [0.25, 0.3) is 0 Å². The normalized spacial score (nSPS) is 16.9. The number of rotatable bonds is 7. The fourth-order valence-electron chi connectivity index (χ4n) is 2.99. The first-order valence-corrected chi connectivity index (χ1v) is 11.2. The van der Waals surface area contributed by atoms with Gasteiger partial charge in [-0.2, -0.15) is 4.31 Å². The van der Waals surface area contributed by atoms with Gasteiger partial charge in [-0.05, 0) is 36.2 Å². The van der Waals surface area contributed by atoms with Gasteiger partial charge in [-0.1, -0.05) is 41.9 Å². The molecule has 30 heavy (non-hydrogen) atoms. The Bertz CT molecular complexity index is 983. The third-order valence-corrected chi connectivity index (χ3v) is 6.70. The number of carbonyl (C=O) groups is 2. The molecule has 3 rings (SSSR count). The Kier molecular flexibility index (Phi) is 7.43. The minimum absolute atomic E-state index is 0.0763. The molecule has 2 aromatic rings. The van der Waals surface area contributed by atoms with Crippen LogP contribution in [0, 0.1) is 0 Å². The first-order chi connectivity index (χ1) is 14.4. The van der Waals surface area contributed by atoms with Gasteiger partial charge in [0.05, 0.1) is 18.0 Å². The molecule has 1 heterocycles. The molecule has 0 radical (unpaired) electrons. The first kappa shape index (κ1) is 22.2. The highest BCUT2D eigenvalue weighted by atomic mass is 35.5. The van der Waals surface area contributed by atoms with Gasteiger partial charge in [0.2, 0.25) is 10.0 Å². The van der Waals surface area contributed by atoms with Crippen LogP contribution in [0.1, 0.15) is 5.56 Å². The molecule has 10 heteroatoms. The summed E-state index contributed by atoms with van der Waals surface area (Å²) in [5.74, 6) is -1.63. The van der Waals surface area contributed by atoms with Gasteiger partial charge >= 0.3 is 11.8 Å². The van der Waals surface area contributed by atoms with Crippen molar-refractivity contribution in [1.82, 2.24) is 14.9 Å². The van der Waals surface area contributed by atoms with Crippen LogP contribution in [0.5, 0.6) is 0 Å². The predicted molar refractivity (Wildman–Crippen MR) is 111 cm³/mol. The van der Waals surface area contributed by atoms with E-state index in [1.54, 1.807) is 0 Å². The topological polar surface area (TPSA) is 105 Å². The Morgan fingerprint density at radius 2 is 1.70 bits per heavy atom. The van der Waals surface area contributed by atoms with Crippen LogP contribution in [0.2, 0.25) is 5.02 Å². The predicted octanol–water partition coefficient (Wildman–Crippen LogP) is 1.16. The molecule has 2 amide bonds. The van der Waals surface area contributed by atoms with Gasteiger partial charge in [0.25, 0.3) is 0 Å². The van der Waals surface area contributed by atoms with Crippen molar-refractivity contribution >= 4 is 33.4 Å². The lowest BCUT2D eigenvalue weighted by Crippen LogP contribution is -2.47. The minimum Gasteiger partial charge on any atom is -0.359 e. The summed E-state index contributed by atoms with van der Waals surface area (Å²) in [7, 11) is -3.82. The molecule has 1 fully saturated rings. The maximum Gasteiger partial charge on any atom is 0.309 e. The zero-order chi connectivity index (χ0) is 21.6. The first-order valence-electron chi connectivity index (χ1n) is 9.37. The molecule has 0 aliphatic carbocycles. The van der Waals surface area contributed by atoms with Crippen LogP contribution in [-0.4, -0.2) is 57.0 Å². The molecule has 1 aliphatic rings. The Morgan fingerprint density at radius 1 is 1.03 bits per heavy atom. The van der Waals surface area contributed by atoms with E-state index in [2.05, 4.69) is 10.6 Å². The van der Waals surface area contributed by atoms with E-state index in [0.29, 0.717) is 18.0 Å². The van der Waals surface area contributed by atoms with Gasteiger partial charge in [-0.15, -0.1) is 0 Å². The summed E-state index contributed by atoms with van der Waals surface area (Å²) in [6.45, 7) is 0.510. The molecule has 1 aliphatic heterocycles. The maximum absolute atomic E-state index is 12.8. The average molecular weight is 452 g/mol. The number of benzene rings is 2. The summed E-state index contributed by atoms with van der Waals surface area (Å²) in [4.78, 5) is 24.1. The van der Waals surface area contributed by atoms with Crippen molar-refractivity contribution in [3.63, 3.8) is 0 Å². The number of halogens is 1. The third kappa shape index (κ3) is 5.57. The summed E-state index contributed by atoms with van der Waals surface area (Å²) >= 11 is 5.82. The smallest absolute Gasteiger partial charge is 0.309 e. The Hall–Kier alpha value is -2.46. The second kappa shape index (κ2) is 10.0. The van der Waals surface area contributed by atoms with Crippen molar-refractivity contribution in [2.24, 2.45) is 0 Å². The molecule has 160 valence electrons. The molecule has 0 spiro atoms. The number of carbonyl (C=O) groups excluding carboxylic acids is 2. The number of hydrogen-bond acceptors (Lipinski definition) is 5. The van der Waals surface area contributed by atoms with Crippen molar-refractivity contribution in [1.29, 1.82) is 0 Å². The van der Waals surface area contributed by atoms with Gasteiger partial charge in [-0.3, -0.25) is 9.59 Å². The van der Waals surface area contributed by atoms with E-state index in [1.165, 1.54) is 24.3 Å². The van der Waals surface area contributed by atoms with Crippen LogP contribution < -0.4 is 10.6 Å². The zero-order valence-electron chi connectivity index (χ0n) is 16.1. The van der Waals surface area contributed by atoms with Crippen molar-refractivity contribution in [2.75, 3.05) is 26.2 Å². The summed E-state index contributed by atoms with van der Waals surface area (Å²) in [5, 5.41) is 5.40. The van der Waals surface area contributed by atoms with Gasteiger partial charge < -0.3 is 15.4 Å². The molecule has 2 aromatic carbocycles. The van der Waals surface area contributed by atoms with Gasteiger partial charge in [0, 0.05) is 18.1 Å². The molecule has 0 aromatic heterocycles. The van der Waals surface area contributed by atoms with Crippen molar-refractivity contribution < 1.29 is 22.7 Å². The van der Waals surface area contributed by atoms with E-state index < -0.39 is 28.1 Å². The number of ether oxygens (including phenoxy) is 1. The fraction of sp³-hybridized carbons (Fsp3) is 0.300. The molecular formula is C20H22ClN3O5S. The summed E-state index contributed by atoms with van der Waals surface area (Å²) in [5.41, 5.74) is 1.04. The standard InChI is InChI=1S/C20H22ClN3O5S/c21-16-6-8-17(9-7-16)30(27,28)24-12-13-29-18(24)14-23-20(26)19(25)22-11-10-15-4-2-1-3-5-15/h1-9,18H,10-14H2,(H,22,25)(H,23,26)/t18-/m0/s1. The molecule has 1 saturated heterocycles. The quantitative estimate of drug-likeness (QED) is 0.615. The number of nitrogens with one attached hydrogen (secondary N) is 2. The molecule has 0 unspecified atom stereocenters. The highest BCUT2D eigenvalue weighted by molar-refractivity contribution is 7.89. The summed E-state index contributed by atoms with van der Waals surface area (Å²) in [6, 6.07) is 15.3.